The Morgan fingerprint density at radius 2 is 2.16 bits per heavy atom. The molecule has 2 fully saturated rings. The number of pyridine rings is 1. The summed E-state index contributed by atoms with van der Waals surface area (Å²) in [5.41, 5.74) is 1.24. The Balaban J connectivity index is 1.57. The van der Waals surface area contributed by atoms with Crippen molar-refractivity contribution in [2.75, 3.05) is 39.4 Å². The minimum absolute atomic E-state index is 0.256. The van der Waals surface area contributed by atoms with Gasteiger partial charge in [-0.1, -0.05) is 13.0 Å². The monoisotopic (exact) mass is 345 g/mol. The maximum absolute atomic E-state index is 12.4. The first-order valence-electron chi connectivity index (χ1n) is 9.69. The molecule has 2 aliphatic heterocycles. The van der Waals surface area contributed by atoms with Gasteiger partial charge in [0.15, 0.2) is 0 Å². The first-order chi connectivity index (χ1) is 12.2. The second-order valence-electron chi connectivity index (χ2n) is 7.56. The normalized spacial score (nSPS) is 24.8. The highest BCUT2D eigenvalue weighted by atomic mass is 16.5. The van der Waals surface area contributed by atoms with Crippen LogP contribution in [0, 0.1) is 5.41 Å². The Labute approximate surface area is 151 Å². The smallest absolute Gasteiger partial charge is 0.222 e. The van der Waals surface area contributed by atoms with Crippen LogP contribution in [0.4, 0.5) is 0 Å². The molecule has 1 spiro atoms. The number of nitrogens with zero attached hydrogens (tertiary/aromatic N) is 3. The number of carbonyl (C=O) groups excluding carboxylic acids is 1. The summed E-state index contributed by atoms with van der Waals surface area (Å²) in [5, 5.41) is 0. The van der Waals surface area contributed by atoms with Crippen molar-refractivity contribution in [3.8, 4) is 0 Å². The van der Waals surface area contributed by atoms with Crippen LogP contribution >= 0.6 is 0 Å². The van der Waals surface area contributed by atoms with Crippen molar-refractivity contribution in [3.63, 3.8) is 0 Å². The van der Waals surface area contributed by atoms with E-state index in [2.05, 4.69) is 16.8 Å². The lowest BCUT2D eigenvalue weighted by atomic mass is 9.73. The Kier molecular flexibility index (Phi) is 6.43. The van der Waals surface area contributed by atoms with Crippen molar-refractivity contribution in [1.82, 2.24) is 14.8 Å². The van der Waals surface area contributed by atoms with Crippen LogP contribution < -0.4 is 0 Å². The topological polar surface area (TPSA) is 45.7 Å². The fourth-order valence-electron chi connectivity index (χ4n) is 4.21. The third kappa shape index (κ3) is 5.02. The van der Waals surface area contributed by atoms with E-state index in [9.17, 15) is 4.79 Å². The van der Waals surface area contributed by atoms with E-state index in [1.807, 2.05) is 23.1 Å². The first-order valence-corrected chi connectivity index (χ1v) is 9.69. The summed E-state index contributed by atoms with van der Waals surface area (Å²) in [7, 11) is 0. The molecule has 0 aromatic carbocycles. The van der Waals surface area contributed by atoms with E-state index in [1.165, 1.54) is 12.8 Å². The van der Waals surface area contributed by atoms with E-state index in [4.69, 9.17) is 4.74 Å². The molecule has 138 valence electrons. The molecule has 0 N–H and O–H groups in total. The summed E-state index contributed by atoms with van der Waals surface area (Å²) in [6.45, 7) is 8.59. The molecule has 1 amide bonds. The van der Waals surface area contributed by atoms with Crippen molar-refractivity contribution in [2.45, 2.75) is 45.6 Å². The van der Waals surface area contributed by atoms with E-state index in [1.54, 1.807) is 6.20 Å². The third-order valence-corrected chi connectivity index (χ3v) is 5.47. The maximum atomic E-state index is 12.4. The number of likely N-dealkylation sites (tertiary alicyclic amines) is 2. The van der Waals surface area contributed by atoms with Crippen LogP contribution in [0.2, 0.25) is 0 Å². The summed E-state index contributed by atoms with van der Waals surface area (Å²) in [5.74, 6) is 0.277. The van der Waals surface area contributed by atoms with Crippen molar-refractivity contribution >= 4 is 5.91 Å². The molecule has 3 heterocycles. The largest absolute Gasteiger partial charge is 0.380 e. The van der Waals surface area contributed by atoms with Crippen LogP contribution in [-0.4, -0.2) is 60.1 Å². The molecule has 0 unspecified atom stereocenters. The van der Waals surface area contributed by atoms with Gasteiger partial charge in [0, 0.05) is 44.3 Å². The number of hydrogen-bond donors (Lipinski definition) is 0. The Hall–Kier alpha value is -1.46. The Morgan fingerprint density at radius 3 is 2.96 bits per heavy atom. The fraction of sp³-hybridized carbons (Fsp3) is 0.700. The number of aromatic nitrogens is 1. The van der Waals surface area contributed by atoms with Gasteiger partial charge in [-0.15, -0.1) is 0 Å². The summed E-state index contributed by atoms with van der Waals surface area (Å²) >= 11 is 0. The van der Waals surface area contributed by atoms with Crippen LogP contribution in [0.3, 0.4) is 0 Å². The van der Waals surface area contributed by atoms with Gasteiger partial charge in [0.05, 0.1) is 18.8 Å². The van der Waals surface area contributed by atoms with Gasteiger partial charge in [-0.05, 0) is 44.4 Å². The van der Waals surface area contributed by atoms with E-state index >= 15 is 0 Å². The van der Waals surface area contributed by atoms with Gasteiger partial charge in [0.2, 0.25) is 5.91 Å². The first kappa shape index (κ1) is 18.3. The third-order valence-electron chi connectivity index (χ3n) is 5.47. The molecule has 0 bridgehead atoms. The molecule has 0 aliphatic carbocycles. The predicted molar refractivity (Wildman–Crippen MR) is 98.1 cm³/mol. The highest BCUT2D eigenvalue weighted by molar-refractivity contribution is 5.77. The van der Waals surface area contributed by atoms with Gasteiger partial charge < -0.3 is 14.5 Å². The summed E-state index contributed by atoms with van der Waals surface area (Å²) in [4.78, 5) is 21.4. The SMILES string of the molecule is CCCOCCN1CCC[C@]2(CCC(=O)N(Cc3ccccn3)C2)C1. The maximum Gasteiger partial charge on any atom is 0.222 e. The van der Waals surface area contributed by atoms with Gasteiger partial charge in [-0.25, -0.2) is 0 Å². The molecule has 3 rings (SSSR count). The van der Waals surface area contributed by atoms with Gasteiger partial charge in [0.25, 0.3) is 0 Å². The van der Waals surface area contributed by atoms with E-state index in [0.29, 0.717) is 13.0 Å². The lowest BCUT2D eigenvalue weighted by Gasteiger charge is -2.48. The van der Waals surface area contributed by atoms with E-state index < -0.39 is 0 Å². The zero-order chi connectivity index (χ0) is 17.5. The molecular formula is C20H31N3O2. The summed E-state index contributed by atoms with van der Waals surface area (Å²) < 4.78 is 5.66. The molecule has 1 atom stereocenters. The van der Waals surface area contributed by atoms with Crippen LogP contribution in [0.15, 0.2) is 24.4 Å². The van der Waals surface area contributed by atoms with Crippen LogP contribution in [-0.2, 0) is 16.1 Å². The Morgan fingerprint density at radius 1 is 1.24 bits per heavy atom. The molecule has 2 aliphatic rings. The lowest BCUT2D eigenvalue weighted by molar-refractivity contribution is -0.140. The van der Waals surface area contributed by atoms with Gasteiger partial charge in [-0.3, -0.25) is 9.78 Å². The van der Waals surface area contributed by atoms with Crippen molar-refractivity contribution < 1.29 is 9.53 Å². The molecule has 1 aromatic heterocycles. The number of amides is 1. The highest BCUT2D eigenvalue weighted by Crippen LogP contribution is 2.39. The zero-order valence-electron chi connectivity index (χ0n) is 15.5. The van der Waals surface area contributed by atoms with Crippen LogP contribution in [0.1, 0.15) is 44.7 Å². The number of piperidine rings is 2. The second-order valence-corrected chi connectivity index (χ2v) is 7.56. The standard InChI is InChI=1S/C20H31N3O2/c1-2-13-25-14-12-22-11-5-8-20(16-22)9-7-19(24)23(17-20)15-18-6-3-4-10-21-18/h3-4,6,10H,2,5,7-9,11-17H2,1H3/t20-/m0/s1. The number of rotatable bonds is 7. The van der Waals surface area contributed by atoms with Gasteiger partial charge in [0.1, 0.15) is 0 Å². The Bertz CT molecular complexity index is 551. The number of ether oxygens (including phenoxy) is 1. The van der Waals surface area contributed by atoms with Crippen molar-refractivity contribution in [1.29, 1.82) is 0 Å². The molecule has 5 nitrogen and oxygen atoms in total. The molecule has 2 saturated heterocycles. The minimum Gasteiger partial charge on any atom is -0.380 e. The number of carbonyl (C=O) groups is 1. The van der Waals surface area contributed by atoms with Crippen LogP contribution in [0.5, 0.6) is 0 Å². The highest BCUT2D eigenvalue weighted by Gasteiger charge is 2.41. The zero-order valence-corrected chi connectivity index (χ0v) is 15.5. The fourth-order valence-corrected chi connectivity index (χ4v) is 4.21. The molecule has 1 aromatic rings. The number of hydrogen-bond acceptors (Lipinski definition) is 4. The quantitative estimate of drug-likeness (QED) is 0.713. The summed E-state index contributed by atoms with van der Waals surface area (Å²) in [6, 6.07) is 5.92. The molecular weight excluding hydrogens is 314 g/mol. The van der Waals surface area contributed by atoms with Gasteiger partial charge in [-0.2, -0.15) is 0 Å². The van der Waals surface area contributed by atoms with E-state index in [0.717, 1.165) is 57.9 Å². The average Bonchev–Trinajstić information content (AvgIpc) is 2.63. The van der Waals surface area contributed by atoms with Crippen molar-refractivity contribution in [2.24, 2.45) is 5.41 Å². The predicted octanol–water partition coefficient (Wildman–Crippen LogP) is 2.71. The van der Waals surface area contributed by atoms with Crippen molar-refractivity contribution in [3.05, 3.63) is 30.1 Å². The lowest BCUT2D eigenvalue weighted by Crippen LogP contribution is -2.54. The van der Waals surface area contributed by atoms with Crippen LogP contribution in [0.25, 0.3) is 0 Å². The minimum atomic E-state index is 0.256. The molecule has 0 radical (unpaired) electrons. The summed E-state index contributed by atoms with van der Waals surface area (Å²) in [6.07, 6.45) is 7.03. The van der Waals surface area contributed by atoms with E-state index in [-0.39, 0.29) is 11.3 Å². The molecule has 25 heavy (non-hydrogen) atoms. The molecule has 5 heteroatoms. The second kappa shape index (κ2) is 8.77. The molecule has 0 saturated carbocycles. The average molecular weight is 345 g/mol. The van der Waals surface area contributed by atoms with Gasteiger partial charge >= 0.3 is 0 Å².